The summed E-state index contributed by atoms with van der Waals surface area (Å²) >= 11 is 0. The molecule has 2 heterocycles. The van der Waals surface area contributed by atoms with Crippen LogP contribution in [-0.2, 0) is 9.53 Å². The molecule has 0 spiro atoms. The molecule has 0 saturated carbocycles. The van der Waals surface area contributed by atoms with Crippen molar-refractivity contribution in [3.05, 3.63) is 48.0 Å². The molecule has 0 aliphatic carbocycles. The molecule has 2 aromatic rings. The highest BCUT2D eigenvalue weighted by atomic mass is 19.1. The first-order valence-electron chi connectivity index (χ1n) is 7.03. The number of amides is 1. The molecule has 1 N–H and O–H groups in total. The Morgan fingerprint density at radius 1 is 1.17 bits per heavy atom. The number of carboxylic acids is 1. The number of aliphatic carboxylic acids is 1. The van der Waals surface area contributed by atoms with Gasteiger partial charge in [0.05, 0.1) is 13.2 Å². The maximum atomic E-state index is 12.9. The molecule has 1 aromatic carbocycles. The second-order valence-electron chi connectivity index (χ2n) is 5.10. The number of ether oxygens (including phenoxy) is 1. The van der Waals surface area contributed by atoms with Gasteiger partial charge in [-0.05, 0) is 36.4 Å². The summed E-state index contributed by atoms with van der Waals surface area (Å²) in [6.45, 7) is 0.413. The van der Waals surface area contributed by atoms with E-state index in [1.807, 2.05) is 0 Å². The SMILES string of the molecule is O=C(O)[C@H]1COCCN1C(=O)c1ccc(-c2ccc(F)cc2)o1. The fraction of sp³-hybridized carbons (Fsp3) is 0.250. The van der Waals surface area contributed by atoms with E-state index in [0.717, 1.165) is 0 Å². The molecule has 1 aliphatic heterocycles. The van der Waals surface area contributed by atoms with Crippen molar-refractivity contribution in [3.8, 4) is 11.3 Å². The van der Waals surface area contributed by atoms with E-state index in [0.29, 0.717) is 11.3 Å². The smallest absolute Gasteiger partial charge is 0.328 e. The van der Waals surface area contributed by atoms with Gasteiger partial charge in [0.2, 0.25) is 0 Å². The lowest BCUT2D eigenvalue weighted by Gasteiger charge is -2.32. The summed E-state index contributed by atoms with van der Waals surface area (Å²) in [7, 11) is 0. The van der Waals surface area contributed by atoms with Gasteiger partial charge in [-0.3, -0.25) is 4.79 Å². The number of furan rings is 1. The summed E-state index contributed by atoms with van der Waals surface area (Å²) in [5.74, 6) is -1.54. The van der Waals surface area contributed by atoms with Crippen LogP contribution >= 0.6 is 0 Å². The maximum absolute atomic E-state index is 12.9. The number of rotatable bonds is 3. The molecular formula is C16H14FNO5. The minimum atomic E-state index is -1.12. The van der Waals surface area contributed by atoms with E-state index in [2.05, 4.69) is 0 Å². The molecule has 1 atom stereocenters. The third kappa shape index (κ3) is 3.09. The van der Waals surface area contributed by atoms with Crippen LogP contribution in [0.1, 0.15) is 10.6 Å². The molecule has 0 unspecified atom stereocenters. The summed E-state index contributed by atoms with van der Waals surface area (Å²) in [6.07, 6.45) is 0. The Morgan fingerprint density at radius 3 is 2.61 bits per heavy atom. The molecule has 1 fully saturated rings. The van der Waals surface area contributed by atoms with Crippen LogP contribution in [0.4, 0.5) is 4.39 Å². The monoisotopic (exact) mass is 319 g/mol. The van der Waals surface area contributed by atoms with Gasteiger partial charge in [-0.25, -0.2) is 9.18 Å². The highest BCUT2D eigenvalue weighted by Crippen LogP contribution is 2.24. The zero-order valence-electron chi connectivity index (χ0n) is 12.1. The Kier molecular flexibility index (Phi) is 4.12. The van der Waals surface area contributed by atoms with E-state index in [4.69, 9.17) is 9.15 Å². The third-order valence-electron chi connectivity index (χ3n) is 3.62. The molecule has 7 heteroatoms. The van der Waals surface area contributed by atoms with E-state index < -0.39 is 17.9 Å². The normalized spacial score (nSPS) is 18.0. The molecule has 1 amide bonds. The number of hydrogen-bond donors (Lipinski definition) is 1. The van der Waals surface area contributed by atoms with Crippen LogP contribution in [-0.4, -0.2) is 47.7 Å². The zero-order valence-corrected chi connectivity index (χ0v) is 12.1. The number of carbonyl (C=O) groups is 2. The van der Waals surface area contributed by atoms with Crippen LogP contribution in [0.2, 0.25) is 0 Å². The van der Waals surface area contributed by atoms with Gasteiger partial charge in [-0.2, -0.15) is 0 Å². The van der Waals surface area contributed by atoms with Gasteiger partial charge >= 0.3 is 5.97 Å². The van der Waals surface area contributed by atoms with E-state index in [9.17, 15) is 19.1 Å². The van der Waals surface area contributed by atoms with Gasteiger partial charge in [0.25, 0.3) is 5.91 Å². The van der Waals surface area contributed by atoms with Crippen LogP contribution < -0.4 is 0 Å². The first-order valence-corrected chi connectivity index (χ1v) is 7.03. The van der Waals surface area contributed by atoms with Crippen molar-refractivity contribution in [2.45, 2.75) is 6.04 Å². The molecule has 1 aliphatic rings. The standard InChI is InChI=1S/C16H14FNO5/c17-11-3-1-10(2-4-11)13-5-6-14(23-13)15(19)18-7-8-22-9-12(18)16(20)21/h1-6,12H,7-9H2,(H,20,21)/t12-/m1/s1. The minimum Gasteiger partial charge on any atom is -0.480 e. The van der Waals surface area contributed by atoms with Gasteiger partial charge in [-0.15, -0.1) is 0 Å². The van der Waals surface area contributed by atoms with E-state index >= 15 is 0 Å². The van der Waals surface area contributed by atoms with Crippen LogP contribution in [0.3, 0.4) is 0 Å². The van der Waals surface area contributed by atoms with E-state index in [1.54, 1.807) is 6.07 Å². The minimum absolute atomic E-state index is 0.0393. The van der Waals surface area contributed by atoms with Crippen molar-refractivity contribution >= 4 is 11.9 Å². The summed E-state index contributed by atoms with van der Waals surface area (Å²) < 4.78 is 23.5. The molecule has 0 bridgehead atoms. The highest BCUT2D eigenvalue weighted by molar-refractivity contribution is 5.95. The number of benzene rings is 1. The van der Waals surface area contributed by atoms with Gasteiger partial charge in [-0.1, -0.05) is 0 Å². The van der Waals surface area contributed by atoms with Gasteiger partial charge in [0.15, 0.2) is 11.8 Å². The lowest BCUT2D eigenvalue weighted by Crippen LogP contribution is -2.52. The first-order chi connectivity index (χ1) is 11.1. The van der Waals surface area contributed by atoms with Crippen LogP contribution in [0, 0.1) is 5.82 Å². The predicted molar refractivity (Wildman–Crippen MR) is 77.4 cm³/mol. The largest absolute Gasteiger partial charge is 0.480 e. The lowest BCUT2D eigenvalue weighted by molar-refractivity contribution is -0.147. The fourth-order valence-electron chi connectivity index (χ4n) is 2.42. The zero-order chi connectivity index (χ0) is 16.4. The topological polar surface area (TPSA) is 80.0 Å². The third-order valence-corrected chi connectivity index (χ3v) is 3.62. The summed E-state index contributed by atoms with van der Waals surface area (Å²) in [5, 5.41) is 9.17. The molecule has 120 valence electrons. The molecule has 1 saturated heterocycles. The van der Waals surface area contributed by atoms with Crippen molar-refractivity contribution in [1.82, 2.24) is 4.90 Å². The summed E-state index contributed by atoms with van der Waals surface area (Å²) in [5.41, 5.74) is 0.627. The summed E-state index contributed by atoms with van der Waals surface area (Å²) in [4.78, 5) is 24.9. The van der Waals surface area contributed by atoms with Crippen molar-refractivity contribution in [1.29, 1.82) is 0 Å². The number of hydrogen-bond acceptors (Lipinski definition) is 4. The van der Waals surface area contributed by atoms with Gasteiger partial charge in [0.1, 0.15) is 11.6 Å². The van der Waals surface area contributed by atoms with Crippen LogP contribution in [0.15, 0.2) is 40.8 Å². The van der Waals surface area contributed by atoms with Crippen LogP contribution in [0.25, 0.3) is 11.3 Å². The first kappa shape index (κ1) is 15.2. The Labute approximate surface area is 131 Å². The number of morpholine rings is 1. The Bertz CT molecular complexity index is 724. The Balaban J connectivity index is 1.83. The molecule has 1 aromatic heterocycles. The van der Waals surface area contributed by atoms with Gasteiger partial charge in [0, 0.05) is 12.1 Å². The lowest BCUT2D eigenvalue weighted by atomic mass is 10.2. The average Bonchev–Trinajstić information content (AvgIpc) is 3.04. The van der Waals surface area contributed by atoms with Crippen molar-refractivity contribution in [2.24, 2.45) is 0 Å². The number of nitrogens with zero attached hydrogens (tertiary/aromatic N) is 1. The summed E-state index contributed by atoms with van der Waals surface area (Å²) in [6, 6.07) is 7.71. The van der Waals surface area contributed by atoms with Crippen molar-refractivity contribution < 1.29 is 28.2 Å². The maximum Gasteiger partial charge on any atom is 0.328 e. The number of halogens is 1. The van der Waals surface area contributed by atoms with Crippen molar-refractivity contribution in [3.63, 3.8) is 0 Å². The molecule has 23 heavy (non-hydrogen) atoms. The van der Waals surface area contributed by atoms with E-state index in [-0.39, 0.29) is 31.3 Å². The molecule has 6 nitrogen and oxygen atoms in total. The number of carbonyl (C=O) groups excluding carboxylic acids is 1. The average molecular weight is 319 g/mol. The van der Waals surface area contributed by atoms with Gasteiger partial charge < -0.3 is 19.2 Å². The Morgan fingerprint density at radius 2 is 1.91 bits per heavy atom. The predicted octanol–water partition coefficient (Wildman–Crippen LogP) is 2.01. The second-order valence-corrected chi connectivity index (χ2v) is 5.10. The molecular weight excluding hydrogens is 305 g/mol. The second kappa shape index (κ2) is 6.21. The Hall–Kier alpha value is -2.67. The quantitative estimate of drug-likeness (QED) is 0.936. The molecule has 3 rings (SSSR count). The van der Waals surface area contributed by atoms with Crippen molar-refractivity contribution in [2.75, 3.05) is 19.8 Å². The molecule has 0 radical (unpaired) electrons. The number of carboxylic acid groups (broad SMARTS) is 1. The van der Waals surface area contributed by atoms with Crippen LogP contribution in [0.5, 0.6) is 0 Å². The van der Waals surface area contributed by atoms with E-state index in [1.165, 1.54) is 35.2 Å². The highest BCUT2D eigenvalue weighted by Gasteiger charge is 2.34. The fourth-order valence-corrected chi connectivity index (χ4v) is 2.42.